The van der Waals surface area contributed by atoms with Crippen LogP contribution in [0.1, 0.15) is 16.9 Å². The highest BCUT2D eigenvalue weighted by Gasteiger charge is 2.31. The van der Waals surface area contributed by atoms with Crippen LogP contribution in [0.15, 0.2) is 18.2 Å². The summed E-state index contributed by atoms with van der Waals surface area (Å²) >= 11 is 1.60. The number of nitrogens with one attached hydrogen (secondary N) is 1. The van der Waals surface area contributed by atoms with E-state index in [9.17, 15) is 19.7 Å². The van der Waals surface area contributed by atoms with E-state index in [1.807, 2.05) is 0 Å². The van der Waals surface area contributed by atoms with Crippen LogP contribution < -0.4 is 0 Å². The lowest BCUT2D eigenvalue weighted by Gasteiger charge is -2.34. The van der Waals surface area contributed by atoms with E-state index in [4.69, 9.17) is 5.11 Å². The number of aliphatic carboxylic acids is 1. The zero-order valence-corrected chi connectivity index (χ0v) is 13.3. The Bertz CT molecular complexity index is 821. The van der Waals surface area contributed by atoms with Crippen LogP contribution in [-0.2, 0) is 4.79 Å². The molecule has 0 bridgehead atoms. The fraction of sp³-hybridized carbons (Fsp3) is 0.357. The normalized spacial score (nSPS) is 17.8. The Kier molecular flexibility index (Phi) is 4.38. The second kappa shape index (κ2) is 6.48. The van der Waals surface area contributed by atoms with Crippen LogP contribution >= 0.6 is 11.8 Å². The predicted molar refractivity (Wildman–Crippen MR) is 87.2 cm³/mol. The Labute approximate surface area is 140 Å². The average Bonchev–Trinajstić information content (AvgIpc) is 2.97. The lowest BCUT2D eigenvalue weighted by Crippen LogP contribution is -2.47. The largest absolute Gasteiger partial charge is 0.481 e. The van der Waals surface area contributed by atoms with E-state index in [0.717, 1.165) is 0 Å². The molecule has 126 valence electrons. The second-order valence-electron chi connectivity index (χ2n) is 5.38. The van der Waals surface area contributed by atoms with Gasteiger partial charge in [-0.2, -0.15) is 16.9 Å². The minimum absolute atomic E-state index is 0.0796. The molecule has 1 amide bonds. The van der Waals surface area contributed by atoms with Crippen molar-refractivity contribution in [2.45, 2.75) is 12.5 Å². The number of carboxylic acids is 1. The summed E-state index contributed by atoms with van der Waals surface area (Å²) in [5, 5.41) is 27.0. The second-order valence-corrected chi connectivity index (χ2v) is 6.53. The molecule has 2 N–H and O–H groups in total. The van der Waals surface area contributed by atoms with Crippen LogP contribution in [0.3, 0.4) is 0 Å². The number of thioether (sulfide) groups is 1. The fourth-order valence-corrected chi connectivity index (χ4v) is 3.77. The van der Waals surface area contributed by atoms with E-state index in [-0.39, 0.29) is 17.8 Å². The number of H-pyrrole nitrogens is 1. The minimum atomic E-state index is -0.970. The monoisotopic (exact) mass is 350 g/mol. The Balaban J connectivity index is 1.96. The molecule has 1 aromatic heterocycles. The molecule has 0 radical (unpaired) electrons. The van der Waals surface area contributed by atoms with E-state index in [2.05, 4.69) is 10.2 Å². The van der Waals surface area contributed by atoms with Gasteiger partial charge in [0.2, 0.25) is 0 Å². The number of carboxylic acid groups (broad SMARTS) is 1. The first-order chi connectivity index (χ1) is 11.5. The van der Waals surface area contributed by atoms with Gasteiger partial charge in [0.1, 0.15) is 0 Å². The van der Waals surface area contributed by atoms with E-state index in [1.54, 1.807) is 11.8 Å². The first-order valence-electron chi connectivity index (χ1n) is 7.20. The maximum atomic E-state index is 12.8. The summed E-state index contributed by atoms with van der Waals surface area (Å²) in [6.07, 6.45) is -0.138. The molecule has 2 heterocycles. The summed E-state index contributed by atoms with van der Waals surface area (Å²) < 4.78 is 0. The van der Waals surface area contributed by atoms with Gasteiger partial charge in [-0.05, 0) is 6.07 Å². The highest BCUT2D eigenvalue weighted by atomic mass is 32.2. The van der Waals surface area contributed by atoms with Crippen molar-refractivity contribution in [2.24, 2.45) is 0 Å². The van der Waals surface area contributed by atoms with Crippen LogP contribution in [-0.4, -0.2) is 61.1 Å². The molecule has 1 saturated heterocycles. The maximum absolute atomic E-state index is 12.8. The van der Waals surface area contributed by atoms with Crippen molar-refractivity contribution in [3.63, 3.8) is 0 Å². The molecule has 0 saturated carbocycles. The summed E-state index contributed by atoms with van der Waals surface area (Å²) in [6, 6.07) is 3.72. The summed E-state index contributed by atoms with van der Waals surface area (Å²) in [7, 11) is 0. The smallest absolute Gasteiger partial charge is 0.305 e. The van der Waals surface area contributed by atoms with Crippen molar-refractivity contribution in [3.8, 4) is 0 Å². The molecule has 10 heteroatoms. The molecular formula is C14H14N4O5S. The lowest BCUT2D eigenvalue weighted by molar-refractivity contribution is -0.384. The summed E-state index contributed by atoms with van der Waals surface area (Å²) in [6.45, 7) is 0.421. The molecule has 1 fully saturated rings. The standard InChI is InChI=1S/C14H14N4O5S/c19-12(20)6-9-7-24-4-3-17(9)14(21)13-10-5-8(18(22)23)1-2-11(10)15-16-13/h1-2,5,9H,3-4,6-7H2,(H,15,16)(H,19,20). The average molecular weight is 350 g/mol. The van der Waals surface area contributed by atoms with Gasteiger partial charge < -0.3 is 10.0 Å². The zero-order chi connectivity index (χ0) is 17.3. The lowest BCUT2D eigenvalue weighted by atomic mass is 10.1. The van der Waals surface area contributed by atoms with Crippen LogP contribution in [0.4, 0.5) is 5.69 Å². The molecule has 0 aliphatic carbocycles. The number of nitro groups is 1. The van der Waals surface area contributed by atoms with Gasteiger partial charge in [-0.15, -0.1) is 0 Å². The number of carbonyl (C=O) groups excluding carboxylic acids is 1. The molecule has 1 aliphatic rings. The van der Waals surface area contributed by atoms with E-state index >= 15 is 0 Å². The number of hydrogen-bond donors (Lipinski definition) is 2. The number of hydrogen-bond acceptors (Lipinski definition) is 6. The highest BCUT2D eigenvalue weighted by molar-refractivity contribution is 7.99. The Morgan fingerprint density at radius 3 is 3.00 bits per heavy atom. The molecule has 2 aromatic rings. The number of benzene rings is 1. The van der Waals surface area contributed by atoms with Gasteiger partial charge in [-0.25, -0.2) is 0 Å². The number of aromatic amines is 1. The quantitative estimate of drug-likeness (QED) is 0.631. The Hall–Kier alpha value is -2.62. The summed E-state index contributed by atoms with van der Waals surface area (Å²) in [4.78, 5) is 35.7. The summed E-state index contributed by atoms with van der Waals surface area (Å²) in [5.74, 6) is -0.124. The van der Waals surface area contributed by atoms with Gasteiger partial charge in [-0.1, -0.05) is 0 Å². The van der Waals surface area contributed by atoms with Gasteiger partial charge in [0.15, 0.2) is 5.69 Å². The van der Waals surface area contributed by atoms with Gasteiger partial charge in [0.25, 0.3) is 11.6 Å². The molecule has 1 atom stereocenters. The first kappa shape index (κ1) is 16.2. The van der Waals surface area contributed by atoms with Gasteiger partial charge in [-0.3, -0.25) is 24.8 Å². The summed E-state index contributed by atoms with van der Waals surface area (Å²) in [5.41, 5.74) is 0.468. The van der Waals surface area contributed by atoms with Crippen LogP contribution in [0.2, 0.25) is 0 Å². The van der Waals surface area contributed by atoms with Gasteiger partial charge in [0, 0.05) is 35.6 Å². The van der Waals surface area contributed by atoms with Gasteiger partial charge >= 0.3 is 5.97 Å². The SMILES string of the molecule is O=C(O)CC1CSCCN1C(=O)c1n[nH]c2ccc([N+](=O)[O-])cc12. The zero-order valence-electron chi connectivity index (χ0n) is 12.5. The molecule has 1 aromatic carbocycles. The number of amides is 1. The van der Waals surface area contributed by atoms with Crippen molar-refractivity contribution in [1.29, 1.82) is 0 Å². The molecule has 0 spiro atoms. The Morgan fingerprint density at radius 2 is 2.29 bits per heavy atom. The number of rotatable bonds is 4. The third kappa shape index (κ3) is 3.04. The number of fused-ring (bicyclic) bond motifs is 1. The van der Waals surface area contributed by atoms with Crippen molar-refractivity contribution in [2.75, 3.05) is 18.1 Å². The highest BCUT2D eigenvalue weighted by Crippen LogP contribution is 2.26. The van der Waals surface area contributed by atoms with Crippen LogP contribution in [0.5, 0.6) is 0 Å². The van der Waals surface area contributed by atoms with E-state index in [0.29, 0.717) is 29.0 Å². The van der Waals surface area contributed by atoms with Crippen LogP contribution in [0, 0.1) is 10.1 Å². The number of nitro benzene ring substituents is 1. The number of aromatic nitrogens is 2. The van der Waals surface area contributed by atoms with Crippen molar-refractivity contribution < 1.29 is 19.6 Å². The fourth-order valence-electron chi connectivity index (χ4n) is 2.71. The van der Waals surface area contributed by atoms with Crippen LogP contribution in [0.25, 0.3) is 10.9 Å². The Morgan fingerprint density at radius 1 is 1.50 bits per heavy atom. The van der Waals surface area contributed by atoms with E-state index in [1.165, 1.54) is 23.1 Å². The molecular weight excluding hydrogens is 336 g/mol. The number of non-ortho nitro benzene ring substituents is 1. The molecule has 9 nitrogen and oxygen atoms in total. The minimum Gasteiger partial charge on any atom is -0.481 e. The van der Waals surface area contributed by atoms with E-state index < -0.39 is 22.8 Å². The number of nitrogens with zero attached hydrogens (tertiary/aromatic N) is 3. The number of carbonyl (C=O) groups is 2. The van der Waals surface area contributed by atoms with Crippen molar-refractivity contribution in [1.82, 2.24) is 15.1 Å². The van der Waals surface area contributed by atoms with Crippen molar-refractivity contribution in [3.05, 3.63) is 34.0 Å². The molecule has 1 unspecified atom stereocenters. The first-order valence-corrected chi connectivity index (χ1v) is 8.36. The third-order valence-corrected chi connectivity index (χ3v) is 4.95. The molecule has 24 heavy (non-hydrogen) atoms. The predicted octanol–water partition coefficient (Wildman–Crippen LogP) is 1.50. The van der Waals surface area contributed by atoms with Crippen molar-refractivity contribution >= 4 is 40.2 Å². The molecule has 3 rings (SSSR count). The third-order valence-electron chi connectivity index (χ3n) is 3.86. The maximum Gasteiger partial charge on any atom is 0.305 e. The topological polar surface area (TPSA) is 129 Å². The molecule has 1 aliphatic heterocycles. The van der Waals surface area contributed by atoms with Gasteiger partial charge in [0.05, 0.1) is 22.9 Å².